The number of nitrogens with one attached hydrogen (secondary N) is 1. The molecule has 5 nitrogen and oxygen atoms in total. The third-order valence-corrected chi connectivity index (χ3v) is 4.78. The smallest absolute Gasteiger partial charge is 0.223 e. The third kappa shape index (κ3) is 5.89. The predicted octanol–water partition coefficient (Wildman–Crippen LogP) is 1.49. The molecule has 24 heavy (non-hydrogen) atoms. The molecule has 1 aromatic carbocycles. The first-order chi connectivity index (χ1) is 11.4. The zero-order valence-corrected chi connectivity index (χ0v) is 14.7. The highest BCUT2D eigenvalue weighted by molar-refractivity contribution is 5.77. The van der Waals surface area contributed by atoms with Gasteiger partial charge in [-0.25, -0.2) is 0 Å². The van der Waals surface area contributed by atoms with Gasteiger partial charge in [0.1, 0.15) is 0 Å². The molecular weight excluding hydrogens is 304 g/mol. The number of hydrogen-bond acceptors (Lipinski definition) is 4. The average Bonchev–Trinajstić information content (AvgIpc) is 2.56. The molecule has 1 amide bonds. The van der Waals surface area contributed by atoms with Gasteiger partial charge in [-0.3, -0.25) is 4.79 Å². The molecule has 2 atom stereocenters. The van der Waals surface area contributed by atoms with Crippen molar-refractivity contribution >= 4 is 5.91 Å². The molecule has 1 aliphatic rings. The number of carbonyl (C=O) groups excluding carboxylic acids is 1. The molecule has 3 N–H and O–H groups in total. The number of carbonyl (C=O) groups is 1. The second-order valence-electron chi connectivity index (χ2n) is 7.26. The van der Waals surface area contributed by atoms with Gasteiger partial charge in [-0.15, -0.1) is 0 Å². The van der Waals surface area contributed by atoms with Crippen LogP contribution in [0.15, 0.2) is 30.3 Å². The maximum Gasteiger partial charge on any atom is 0.223 e. The number of piperidine rings is 1. The Bertz CT molecular complexity index is 511. The van der Waals surface area contributed by atoms with Crippen LogP contribution in [0.2, 0.25) is 0 Å². The number of rotatable bonds is 7. The molecule has 0 radical (unpaired) electrons. The van der Waals surface area contributed by atoms with Crippen LogP contribution in [0.5, 0.6) is 0 Å². The first-order valence-corrected chi connectivity index (χ1v) is 8.82. The van der Waals surface area contributed by atoms with Crippen molar-refractivity contribution in [3.05, 3.63) is 35.9 Å². The van der Waals surface area contributed by atoms with E-state index < -0.39 is 11.7 Å². The lowest BCUT2D eigenvalue weighted by Crippen LogP contribution is -2.43. The van der Waals surface area contributed by atoms with E-state index in [4.69, 9.17) is 0 Å². The van der Waals surface area contributed by atoms with Gasteiger partial charge in [-0.1, -0.05) is 37.3 Å². The van der Waals surface area contributed by atoms with Gasteiger partial charge < -0.3 is 20.4 Å². The maximum atomic E-state index is 12.1. The first kappa shape index (κ1) is 18.9. The van der Waals surface area contributed by atoms with Crippen molar-refractivity contribution in [2.45, 2.75) is 44.8 Å². The van der Waals surface area contributed by atoms with Gasteiger partial charge in [0.15, 0.2) is 0 Å². The average molecular weight is 334 g/mol. The van der Waals surface area contributed by atoms with E-state index in [2.05, 4.69) is 17.1 Å². The molecule has 1 aliphatic heterocycles. The van der Waals surface area contributed by atoms with Gasteiger partial charge in [0.05, 0.1) is 18.1 Å². The maximum absolute atomic E-state index is 12.1. The Morgan fingerprint density at radius 3 is 2.58 bits per heavy atom. The van der Waals surface area contributed by atoms with Crippen molar-refractivity contribution in [2.75, 3.05) is 26.2 Å². The minimum absolute atomic E-state index is 0.0229. The fraction of sp³-hybridized carbons (Fsp3) is 0.632. The Balaban J connectivity index is 1.72. The number of likely N-dealkylation sites (tertiary alicyclic amines) is 1. The van der Waals surface area contributed by atoms with Gasteiger partial charge in [-0.2, -0.15) is 0 Å². The Labute approximate surface area is 144 Å². The standard InChI is InChI=1S/C19H30N2O3/c1-15-8-10-21(11-9-15)14-17(22)13-20-18(23)12-19(2,24)16-6-4-3-5-7-16/h3-7,15,17,22,24H,8-14H2,1-2H3,(H,20,23). The van der Waals surface area contributed by atoms with Crippen LogP contribution in [-0.4, -0.2) is 53.3 Å². The van der Waals surface area contributed by atoms with Gasteiger partial charge in [0.2, 0.25) is 5.91 Å². The molecule has 2 rings (SSSR count). The molecule has 0 aliphatic carbocycles. The predicted molar refractivity (Wildman–Crippen MR) is 94.5 cm³/mol. The summed E-state index contributed by atoms with van der Waals surface area (Å²) in [4.78, 5) is 14.3. The normalized spacial score (nSPS) is 20.3. The zero-order chi connectivity index (χ0) is 17.6. The minimum atomic E-state index is -1.21. The molecule has 1 fully saturated rings. The molecule has 134 valence electrons. The number of aliphatic hydroxyl groups excluding tert-OH is 1. The van der Waals surface area contributed by atoms with Gasteiger partial charge in [-0.05, 0) is 44.3 Å². The van der Waals surface area contributed by atoms with E-state index in [0.717, 1.165) is 19.0 Å². The largest absolute Gasteiger partial charge is 0.390 e. The second kappa shape index (κ2) is 8.60. The molecular formula is C19H30N2O3. The summed E-state index contributed by atoms with van der Waals surface area (Å²) >= 11 is 0. The van der Waals surface area contributed by atoms with E-state index in [9.17, 15) is 15.0 Å². The number of nitrogens with zero attached hydrogens (tertiary/aromatic N) is 1. The zero-order valence-electron chi connectivity index (χ0n) is 14.7. The SMILES string of the molecule is CC1CCN(CC(O)CNC(=O)CC(C)(O)c2ccccc2)CC1. The van der Waals surface area contributed by atoms with Crippen molar-refractivity contribution in [1.82, 2.24) is 10.2 Å². The molecule has 0 saturated carbocycles. The Hall–Kier alpha value is -1.43. The molecule has 0 spiro atoms. The van der Waals surface area contributed by atoms with Crippen molar-refractivity contribution in [3.63, 3.8) is 0 Å². The van der Waals surface area contributed by atoms with E-state index in [1.54, 1.807) is 19.1 Å². The van der Waals surface area contributed by atoms with E-state index in [0.29, 0.717) is 12.1 Å². The fourth-order valence-electron chi connectivity index (χ4n) is 3.11. The van der Waals surface area contributed by atoms with Crippen LogP contribution in [0.3, 0.4) is 0 Å². The lowest BCUT2D eigenvalue weighted by Gasteiger charge is -2.31. The summed E-state index contributed by atoms with van der Waals surface area (Å²) in [5, 5.41) is 23.3. The van der Waals surface area contributed by atoms with Crippen LogP contribution in [0.25, 0.3) is 0 Å². The summed E-state index contributed by atoms with van der Waals surface area (Å²) in [6, 6.07) is 9.16. The third-order valence-electron chi connectivity index (χ3n) is 4.78. The topological polar surface area (TPSA) is 72.8 Å². The number of aliphatic hydroxyl groups is 2. The molecule has 0 bridgehead atoms. The summed E-state index contributed by atoms with van der Waals surface area (Å²) in [6.45, 7) is 6.71. The van der Waals surface area contributed by atoms with E-state index in [-0.39, 0.29) is 18.9 Å². The highest BCUT2D eigenvalue weighted by atomic mass is 16.3. The summed E-state index contributed by atoms with van der Waals surface area (Å²) < 4.78 is 0. The fourth-order valence-corrected chi connectivity index (χ4v) is 3.11. The Morgan fingerprint density at radius 2 is 1.96 bits per heavy atom. The van der Waals surface area contributed by atoms with E-state index in [1.165, 1.54) is 12.8 Å². The van der Waals surface area contributed by atoms with Crippen molar-refractivity contribution in [3.8, 4) is 0 Å². The Morgan fingerprint density at radius 1 is 1.33 bits per heavy atom. The quantitative estimate of drug-likeness (QED) is 0.706. The van der Waals surface area contributed by atoms with Crippen LogP contribution in [0.4, 0.5) is 0 Å². The van der Waals surface area contributed by atoms with Crippen LogP contribution >= 0.6 is 0 Å². The van der Waals surface area contributed by atoms with Gasteiger partial charge in [0, 0.05) is 13.1 Å². The molecule has 0 aromatic heterocycles. The lowest BCUT2D eigenvalue weighted by molar-refractivity contribution is -0.126. The van der Waals surface area contributed by atoms with Gasteiger partial charge >= 0.3 is 0 Å². The molecule has 5 heteroatoms. The molecule has 2 unspecified atom stereocenters. The van der Waals surface area contributed by atoms with Crippen LogP contribution in [0.1, 0.15) is 38.7 Å². The monoisotopic (exact) mass is 334 g/mol. The lowest BCUT2D eigenvalue weighted by atomic mass is 9.92. The van der Waals surface area contributed by atoms with Crippen LogP contribution < -0.4 is 5.32 Å². The van der Waals surface area contributed by atoms with E-state index >= 15 is 0 Å². The molecule has 1 heterocycles. The highest BCUT2D eigenvalue weighted by Gasteiger charge is 2.26. The van der Waals surface area contributed by atoms with Crippen molar-refractivity contribution < 1.29 is 15.0 Å². The van der Waals surface area contributed by atoms with Crippen LogP contribution in [-0.2, 0) is 10.4 Å². The molecule has 1 aromatic rings. The number of β-amino-alcohol motifs (C(OH)–C–C–N with tert-alkyl or cyclic N) is 1. The van der Waals surface area contributed by atoms with Crippen LogP contribution in [0, 0.1) is 5.92 Å². The van der Waals surface area contributed by atoms with E-state index in [1.807, 2.05) is 18.2 Å². The van der Waals surface area contributed by atoms with Gasteiger partial charge in [0.25, 0.3) is 0 Å². The first-order valence-electron chi connectivity index (χ1n) is 8.82. The van der Waals surface area contributed by atoms with Crippen molar-refractivity contribution in [1.29, 1.82) is 0 Å². The number of hydrogen-bond donors (Lipinski definition) is 3. The highest BCUT2D eigenvalue weighted by Crippen LogP contribution is 2.23. The minimum Gasteiger partial charge on any atom is -0.390 e. The number of amides is 1. The summed E-state index contributed by atoms with van der Waals surface area (Å²) in [6.07, 6.45) is 1.73. The van der Waals surface area contributed by atoms with Crippen molar-refractivity contribution in [2.24, 2.45) is 5.92 Å². The second-order valence-corrected chi connectivity index (χ2v) is 7.26. The summed E-state index contributed by atoms with van der Waals surface area (Å²) in [5.74, 6) is 0.508. The summed E-state index contributed by atoms with van der Waals surface area (Å²) in [7, 11) is 0. The summed E-state index contributed by atoms with van der Waals surface area (Å²) in [5.41, 5.74) is -0.498. The Kier molecular flexibility index (Phi) is 6.78. The number of benzene rings is 1. The molecule has 1 saturated heterocycles.